The molecule has 3 rings (SSSR count). The molecule has 1 aromatic carbocycles. The van der Waals surface area contributed by atoms with Gasteiger partial charge in [-0.05, 0) is 29.8 Å². The Bertz CT molecular complexity index is 848. The number of furan rings is 1. The molecule has 2 heterocycles. The Balaban J connectivity index is 1.99. The van der Waals surface area contributed by atoms with Crippen molar-refractivity contribution in [1.82, 2.24) is 9.55 Å². The highest BCUT2D eigenvalue weighted by atomic mass is 16.4. The molecular formula is C14H10N2O4. The van der Waals surface area contributed by atoms with Crippen LogP contribution in [0.15, 0.2) is 51.9 Å². The Morgan fingerprint density at radius 2 is 2.20 bits per heavy atom. The molecule has 0 saturated heterocycles. The van der Waals surface area contributed by atoms with E-state index >= 15 is 0 Å². The molecule has 3 aromatic rings. The first-order valence-corrected chi connectivity index (χ1v) is 5.91. The number of hydrogen-bond donors (Lipinski definition) is 1. The van der Waals surface area contributed by atoms with Crippen LogP contribution in [0.2, 0.25) is 0 Å². The first kappa shape index (κ1) is 12.2. The topological polar surface area (TPSA) is 85.3 Å². The average molecular weight is 270 g/mol. The van der Waals surface area contributed by atoms with Crippen LogP contribution in [0.4, 0.5) is 0 Å². The number of benzene rings is 1. The molecule has 1 N–H and O–H groups in total. The van der Waals surface area contributed by atoms with Crippen molar-refractivity contribution in [3.05, 3.63) is 64.5 Å². The van der Waals surface area contributed by atoms with E-state index in [-0.39, 0.29) is 11.4 Å². The molecule has 0 fully saturated rings. The summed E-state index contributed by atoms with van der Waals surface area (Å²) in [7, 11) is 0. The van der Waals surface area contributed by atoms with Gasteiger partial charge in [0.25, 0.3) is 0 Å². The van der Waals surface area contributed by atoms with Gasteiger partial charge in [-0.3, -0.25) is 4.57 Å². The molecule has 0 bridgehead atoms. The van der Waals surface area contributed by atoms with Gasteiger partial charge < -0.3 is 9.52 Å². The Morgan fingerprint density at radius 1 is 1.35 bits per heavy atom. The standard InChI is InChI=1S/C14H10N2O4/c17-13(18)12-7-10-6-9(2-3-11(10)20-12)8-16-5-1-4-15-14(16)19/h1-7H,8H2,(H,17,18). The van der Waals surface area contributed by atoms with Crippen molar-refractivity contribution in [3.63, 3.8) is 0 Å². The molecule has 0 saturated carbocycles. The van der Waals surface area contributed by atoms with E-state index < -0.39 is 5.97 Å². The van der Waals surface area contributed by atoms with Gasteiger partial charge in [-0.1, -0.05) is 6.07 Å². The predicted octanol–water partition coefficient (Wildman–Crippen LogP) is 1.74. The molecule has 100 valence electrons. The minimum Gasteiger partial charge on any atom is -0.475 e. The lowest BCUT2D eigenvalue weighted by Crippen LogP contribution is -2.21. The second-order valence-corrected chi connectivity index (χ2v) is 4.32. The zero-order valence-electron chi connectivity index (χ0n) is 10.3. The minimum absolute atomic E-state index is 0.101. The molecule has 0 radical (unpaired) electrons. The summed E-state index contributed by atoms with van der Waals surface area (Å²) in [5.74, 6) is -1.21. The van der Waals surface area contributed by atoms with E-state index in [1.807, 2.05) is 0 Å². The van der Waals surface area contributed by atoms with Gasteiger partial charge in [0.2, 0.25) is 5.76 Å². The third-order valence-electron chi connectivity index (χ3n) is 2.93. The van der Waals surface area contributed by atoms with Crippen molar-refractivity contribution < 1.29 is 14.3 Å². The van der Waals surface area contributed by atoms with Crippen LogP contribution in [0.3, 0.4) is 0 Å². The first-order chi connectivity index (χ1) is 9.63. The highest BCUT2D eigenvalue weighted by Crippen LogP contribution is 2.21. The molecule has 6 heteroatoms. The van der Waals surface area contributed by atoms with Gasteiger partial charge in [0, 0.05) is 17.8 Å². The van der Waals surface area contributed by atoms with E-state index in [1.165, 1.54) is 16.8 Å². The molecule has 0 amide bonds. The maximum absolute atomic E-state index is 11.5. The molecule has 0 aliphatic heterocycles. The number of aromatic carboxylic acids is 1. The zero-order valence-corrected chi connectivity index (χ0v) is 10.3. The van der Waals surface area contributed by atoms with Gasteiger partial charge in [-0.15, -0.1) is 0 Å². The van der Waals surface area contributed by atoms with Crippen molar-refractivity contribution in [2.75, 3.05) is 0 Å². The second-order valence-electron chi connectivity index (χ2n) is 4.32. The van der Waals surface area contributed by atoms with Crippen LogP contribution in [0, 0.1) is 0 Å². The lowest BCUT2D eigenvalue weighted by Gasteiger charge is -2.04. The summed E-state index contributed by atoms with van der Waals surface area (Å²) >= 11 is 0. The van der Waals surface area contributed by atoms with Crippen LogP contribution in [-0.4, -0.2) is 20.6 Å². The van der Waals surface area contributed by atoms with Crippen LogP contribution < -0.4 is 5.69 Å². The van der Waals surface area contributed by atoms with Gasteiger partial charge in [0.05, 0.1) is 6.54 Å². The fourth-order valence-corrected chi connectivity index (χ4v) is 2.00. The summed E-state index contributed by atoms with van der Waals surface area (Å²) in [5, 5.41) is 9.57. The van der Waals surface area contributed by atoms with E-state index in [1.54, 1.807) is 30.5 Å². The summed E-state index contributed by atoms with van der Waals surface area (Å²) in [6.07, 6.45) is 3.09. The molecule has 6 nitrogen and oxygen atoms in total. The SMILES string of the molecule is O=C(O)c1cc2cc(Cn3cccnc3=O)ccc2o1. The third-order valence-corrected chi connectivity index (χ3v) is 2.93. The maximum Gasteiger partial charge on any atom is 0.371 e. The number of rotatable bonds is 3. The van der Waals surface area contributed by atoms with Gasteiger partial charge >= 0.3 is 11.7 Å². The van der Waals surface area contributed by atoms with Crippen molar-refractivity contribution in [2.45, 2.75) is 6.54 Å². The van der Waals surface area contributed by atoms with Gasteiger partial charge in [0.15, 0.2) is 0 Å². The smallest absolute Gasteiger partial charge is 0.371 e. The summed E-state index contributed by atoms with van der Waals surface area (Å²) in [5.41, 5.74) is 1.04. The Labute approximate surface area is 112 Å². The van der Waals surface area contributed by atoms with Gasteiger partial charge in [0.1, 0.15) is 5.58 Å². The second kappa shape index (κ2) is 4.65. The van der Waals surface area contributed by atoms with E-state index in [4.69, 9.17) is 9.52 Å². The molecule has 0 aliphatic carbocycles. The summed E-state index contributed by atoms with van der Waals surface area (Å²) < 4.78 is 6.65. The Kier molecular flexibility index (Phi) is 2.83. The van der Waals surface area contributed by atoms with Crippen LogP contribution in [0.5, 0.6) is 0 Å². The monoisotopic (exact) mass is 270 g/mol. The zero-order chi connectivity index (χ0) is 14.1. The molecule has 0 atom stereocenters. The Hall–Kier alpha value is -2.89. The number of aromatic nitrogens is 2. The largest absolute Gasteiger partial charge is 0.475 e. The summed E-state index contributed by atoms with van der Waals surface area (Å²) in [6.45, 7) is 0.371. The van der Waals surface area contributed by atoms with E-state index in [0.717, 1.165) is 5.56 Å². The maximum atomic E-state index is 11.5. The highest BCUT2D eigenvalue weighted by Gasteiger charge is 2.10. The summed E-state index contributed by atoms with van der Waals surface area (Å²) in [4.78, 5) is 26.1. The quantitative estimate of drug-likeness (QED) is 0.783. The van der Waals surface area contributed by atoms with Crippen molar-refractivity contribution in [1.29, 1.82) is 0 Å². The Morgan fingerprint density at radius 3 is 2.95 bits per heavy atom. The lowest BCUT2D eigenvalue weighted by atomic mass is 10.1. The minimum atomic E-state index is -1.11. The van der Waals surface area contributed by atoms with Crippen molar-refractivity contribution in [2.24, 2.45) is 0 Å². The number of carboxylic acids is 1. The number of carbonyl (C=O) groups is 1. The van der Waals surface area contributed by atoms with Crippen molar-refractivity contribution >= 4 is 16.9 Å². The normalized spacial score (nSPS) is 10.8. The first-order valence-electron chi connectivity index (χ1n) is 5.91. The fraction of sp³-hybridized carbons (Fsp3) is 0.0714. The molecule has 0 spiro atoms. The molecular weight excluding hydrogens is 260 g/mol. The molecule has 0 unspecified atom stereocenters. The van der Waals surface area contributed by atoms with Gasteiger partial charge in [-0.25, -0.2) is 14.6 Å². The molecule has 20 heavy (non-hydrogen) atoms. The number of nitrogens with zero attached hydrogens (tertiary/aromatic N) is 2. The van der Waals surface area contributed by atoms with Gasteiger partial charge in [-0.2, -0.15) is 0 Å². The highest BCUT2D eigenvalue weighted by molar-refractivity contribution is 5.91. The number of hydrogen-bond acceptors (Lipinski definition) is 4. The fourth-order valence-electron chi connectivity index (χ4n) is 2.00. The summed E-state index contributed by atoms with van der Waals surface area (Å²) in [6, 6.07) is 8.42. The van der Waals surface area contributed by atoms with Crippen LogP contribution in [-0.2, 0) is 6.54 Å². The number of carboxylic acid groups (broad SMARTS) is 1. The van der Waals surface area contributed by atoms with Crippen LogP contribution in [0.1, 0.15) is 16.1 Å². The van der Waals surface area contributed by atoms with Crippen LogP contribution >= 0.6 is 0 Å². The van der Waals surface area contributed by atoms with Crippen LogP contribution in [0.25, 0.3) is 11.0 Å². The van der Waals surface area contributed by atoms with E-state index in [0.29, 0.717) is 17.5 Å². The predicted molar refractivity (Wildman–Crippen MR) is 70.8 cm³/mol. The average Bonchev–Trinajstić information content (AvgIpc) is 2.85. The third kappa shape index (κ3) is 2.18. The van der Waals surface area contributed by atoms with E-state index in [2.05, 4.69) is 4.98 Å². The molecule has 2 aromatic heterocycles. The van der Waals surface area contributed by atoms with E-state index in [9.17, 15) is 9.59 Å². The number of fused-ring (bicyclic) bond motifs is 1. The van der Waals surface area contributed by atoms with Crippen molar-refractivity contribution in [3.8, 4) is 0 Å². The lowest BCUT2D eigenvalue weighted by molar-refractivity contribution is 0.0665. The molecule has 0 aliphatic rings.